The van der Waals surface area contributed by atoms with Crippen LogP contribution in [0.5, 0.6) is 0 Å². The Labute approximate surface area is 151 Å². The molecular weight excluding hydrogens is 338 g/mol. The van der Waals surface area contributed by atoms with Crippen LogP contribution in [0.15, 0.2) is 29.2 Å². The molecule has 0 bridgehead atoms. The first-order chi connectivity index (χ1) is 12.0. The first-order valence-corrected chi connectivity index (χ1v) is 9.77. The third kappa shape index (κ3) is 3.38. The van der Waals surface area contributed by atoms with Gasteiger partial charge in [-0.1, -0.05) is 25.8 Å². The van der Waals surface area contributed by atoms with E-state index in [9.17, 15) is 14.4 Å². The minimum absolute atomic E-state index is 0.0871. The van der Waals surface area contributed by atoms with Crippen molar-refractivity contribution in [3.63, 3.8) is 0 Å². The van der Waals surface area contributed by atoms with Crippen LogP contribution < -0.4 is 10.6 Å². The summed E-state index contributed by atoms with van der Waals surface area (Å²) in [6, 6.07) is 6.99. The Balaban J connectivity index is 1.68. The summed E-state index contributed by atoms with van der Waals surface area (Å²) < 4.78 is 0. The van der Waals surface area contributed by atoms with Gasteiger partial charge in [-0.05, 0) is 43.2 Å². The van der Waals surface area contributed by atoms with Crippen LogP contribution in [0.1, 0.15) is 32.6 Å². The summed E-state index contributed by atoms with van der Waals surface area (Å²) >= 11 is 1.58. The highest BCUT2D eigenvalue weighted by molar-refractivity contribution is 7.98. The van der Waals surface area contributed by atoms with Crippen molar-refractivity contribution in [1.82, 2.24) is 10.2 Å². The highest BCUT2D eigenvalue weighted by Gasteiger charge is 2.55. The largest absolute Gasteiger partial charge is 0.325 e. The van der Waals surface area contributed by atoms with E-state index in [4.69, 9.17) is 0 Å². The van der Waals surface area contributed by atoms with Crippen LogP contribution >= 0.6 is 11.8 Å². The Morgan fingerprint density at radius 1 is 1.40 bits per heavy atom. The highest BCUT2D eigenvalue weighted by Crippen LogP contribution is 2.38. The number of carbonyl (C=O) groups excluding carboxylic acids is 3. The number of carbonyl (C=O) groups is 3. The lowest BCUT2D eigenvalue weighted by atomic mass is 9.73. The molecule has 1 aromatic carbocycles. The molecule has 2 N–H and O–H groups in total. The molecule has 1 saturated heterocycles. The normalized spacial score (nSPS) is 26.0. The van der Waals surface area contributed by atoms with Crippen LogP contribution in [0.2, 0.25) is 0 Å². The molecule has 6 nitrogen and oxygen atoms in total. The van der Waals surface area contributed by atoms with E-state index in [2.05, 4.69) is 10.6 Å². The monoisotopic (exact) mass is 361 g/mol. The van der Waals surface area contributed by atoms with Gasteiger partial charge in [0.05, 0.1) is 0 Å². The van der Waals surface area contributed by atoms with Crippen LogP contribution in [0.3, 0.4) is 0 Å². The van der Waals surface area contributed by atoms with E-state index >= 15 is 0 Å². The molecule has 1 heterocycles. The molecule has 4 amide bonds. The van der Waals surface area contributed by atoms with E-state index in [-0.39, 0.29) is 24.3 Å². The summed E-state index contributed by atoms with van der Waals surface area (Å²) in [5.74, 6) is -0.552. The molecule has 1 saturated carbocycles. The number of nitrogens with zero attached hydrogens (tertiary/aromatic N) is 1. The van der Waals surface area contributed by atoms with Gasteiger partial charge >= 0.3 is 6.03 Å². The van der Waals surface area contributed by atoms with Crippen molar-refractivity contribution < 1.29 is 14.4 Å². The summed E-state index contributed by atoms with van der Waals surface area (Å²) in [4.78, 5) is 39.6. The van der Waals surface area contributed by atoms with Gasteiger partial charge in [-0.3, -0.25) is 14.5 Å². The number of hydrogen-bond acceptors (Lipinski definition) is 4. The van der Waals surface area contributed by atoms with E-state index < -0.39 is 11.6 Å². The summed E-state index contributed by atoms with van der Waals surface area (Å²) in [7, 11) is 0. The number of thioether (sulfide) groups is 1. The molecular formula is C18H23N3O3S. The molecule has 2 fully saturated rings. The molecule has 2 aliphatic rings. The third-order valence-corrected chi connectivity index (χ3v) is 5.88. The minimum Gasteiger partial charge on any atom is -0.324 e. The second-order valence-corrected chi connectivity index (χ2v) is 7.60. The van der Waals surface area contributed by atoms with Gasteiger partial charge in [0.15, 0.2) is 0 Å². The molecule has 1 spiro atoms. The topological polar surface area (TPSA) is 78.5 Å². The fraction of sp³-hybridized carbons (Fsp3) is 0.500. The molecule has 1 aliphatic heterocycles. The van der Waals surface area contributed by atoms with E-state index in [0.717, 1.165) is 29.1 Å². The molecule has 0 radical (unpaired) electrons. The van der Waals surface area contributed by atoms with Crippen molar-refractivity contribution in [3.8, 4) is 0 Å². The second-order valence-electron chi connectivity index (χ2n) is 6.72. The van der Waals surface area contributed by atoms with E-state index in [1.165, 1.54) is 0 Å². The smallest absolute Gasteiger partial charge is 0.324 e. The zero-order valence-corrected chi connectivity index (χ0v) is 15.3. The highest BCUT2D eigenvalue weighted by atomic mass is 32.2. The SMILES string of the molecule is CSc1cccc(NC(=O)CN2C(=O)N[C@@]3(CCCC[C@@H]3C)C2=O)c1. The molecule has 134 valence electrons. The number of benzene rings is 1. The lowest BCUT2D eigenvalue weighted by Crippen LogP contribution is -2.54. The molecule has 25 heavy (non-hydrogen) atoms. The number of amides is 4. The number of imide groups is 1. The van der Waals surface area contributed by atoms with Crippen molar-refractivity contribution >= 4 is 35.3 Å². The molecule has 1 aromatic rings. The zero-order chi connectivity index (χ0) is 18.0. The number of urea groups is 1. The maximum absolute atomic E-state index is 12.9. The Hall–Kier alpha value is -2.02. The van der Waals surface area contributed by atoms with Gasteiger partial charge < -0.3 is 10.6 Å². The van der Waals surface area contributed by atoms with Crippen molar-refractivity contribution in [1.29, 1.82) is 0 Å². The van der Waals surface area contributed by atoms with E-state index in [1.54, 1.807) is 17.8 Å². The van der Waals surface area contributed by atoms with Gasteiger partial charge in [0.2, 0.25) is 5.91 Å². The van der Waals surface area contributed by atoms with Crippen molar-refractivity contribution in [2.75, 3.05) is 18.1 Å². The van der Waals surface area contributed by atoms with Crippen LogP contribution in [0.4, 0.5) is 10.5 Å². The van der Waals surface area contributed by atoms with Crippen LogP contribution in [0.25, 0.3) is 0 Å². The zero-order valence-electron chi connectivity index (χ0n) is 14.5. The van der Waals surface area contributed by atoms with Crippen molar-refractivity contribution in [2.45, 2.75) is 43.0 Å². The van der Waals surface area contributed by atoms with E-state index in [0.29, 0.717) is 12.1 Å². The van der Waals surface area contributed by atoms with E-state index in [1.807, 2.05) is 31.4 Å². The summed E-state index contributed by atoms with van der Waals surface area (Å²) in [5.41, 5.74) is -0.168. The van der Waals surface area contributed by atoms with Crippen LogP contribution in [-0.2, 0) is 9.59 Å². The second kappa shape index (κ2) is 7.07. The lowest BCUT2D eigenvalue weighted by molar-refractivity contribution is -0.136. The van der Waals surface area contributed by atoms with Crippen LogP contribution in [0, 0.1) is 5.92 Å². The van der Waals surface area contributed by atoms with Gasteiger partial charge in [0.1, 0.15) is 12.1 Å². The molecule has 2 atom stereocenters. The predicted octanol–water partition coefficient (Wildman–Crippen LogP) is 2.85. The standard InChI is InChI=1S/C18H23N3O3S/c1-12-6-3-4-9-18(12)16(23)21(17(24)20-18)11-15(22)19-13-7-5-8-14(10-13)25-2/h5,7-8,10,12H,3-4,6,9,11H2,1-2H3,(H,19,22)(H,20,24)/t12-,18+/m0/s1. The maximum atomic E-state index is 12.9. The average molecular weight is 361 g/mol. The summed E-state index contributed by atoms with van der Waals surface area (Å²) in [6.07, 6.45) is 5.50. The maximum Gasteiger partial charge on any atom is 0.325 e. The third-order valence-electron chi connectivity index (χ3n) is 5.16. The molecule has 1 aliphatic carbocycles. The number of nitrogens with one attached hydrogen (secondary N) is 2. The molecule has 7 heteroatoms. The number of anilines is 1. The first-order valence-electron chi connectivity index (χ1n) is 8.54. The average Bonchev–Trinajstić information content (AvgIpc) is 2.83. The lowest BCUT2D eigenvalue weighted by Gasteiger charge is -2.36. The van der Waals surface area contributed by atoms with Crippen LogP contribution in [-0.4, -0.2) is 41.1 Å². The molecule has 3 rings (SSSR count). The molecule has 0 aromatic heterocycles. The Kier molecular flexibility index (Phi) is 5.03. The summed E-state index contributed by atoms with van der Waals surface area (Å²) in [6.45, 7) is 1.73. The number of hydrogen-bond donors (Lipinski definition) is 2. The van der Waals surface area contributed by atoms with Crippen molar-refractivity contribution in [3.05, 3.63) is 24.3 Å². The van der Waals surface area contributed by atoms with Crippen molar-refractivity contribution in [2.24, 2.45) is 5.92 Å². The summed E-state index contributed by atoms with van der Waals surface area (Å²) in [5, 5.41) is 5.62. The van der Waals surface area contributed by atoms with Gasteiger partial charge in [0.25, 0.3) is 5.91 Å². The minimum atomic E-state index is -0.825. The Morgan fingerprint density at radius 2 is 2.20 bits per heavy atom. The van der Waals surface area contributed by atoms with Gasteiger partial charge in [0, 0.05) is 10.6 Å². The van der Waals surface area contributed by atoms with Gasteiger partial charge in [-0.15, -0.1) is 11.8 Å². The van der Waals surface area contributed by atoms with Gasteiger partial charge in [-0.25, -0.2) is 4.79 Å². The fourth-order valence-electron chi connectivity index (χ4n) is 3.68. The quantitative estimate of drug-likeness (QED) is 0.638. The fourth-order valence-corrected chi connectivity index (χ4v) is 4.14. The predicted molar refractivity (Wildman–Crippen MR) is 97.5 cm³/mol. The Bertz CT molecular complexity index is 709. The number of rotatable bonds is 4. The Morgan fingerprint density at radius 3 is 2.92 bits per heavy atom. The first kappa shape index (κ1) is 17.8. The molecule has 0 unspecified atom stereocenters. The van der Waals surface area contributed by atoms with Gasteiger partial charge in [-0.2, -0.15) is 0 Å².